The average Bonchev–Trinajstić information content (AvgIpc) is 1.88. The van der Waals surface area contributed by atoms with Crippen molar-refractivity contribution < 1.29 is 18.9 Å². The van der Waals surface area contributed by atoms with Crippen LogP contribution in [-0.4, -0.2) is 0 Å². The normalized spacial score (nSPS) is 11.3. The van der Waals surface area contributed by atoms with Crippen LogP contribution in [0.25, 0.3) is 0 Å². The molecule has 0 spiro atoms. The fourth-order valence-electron chi connectivity index (χ4n) is 0.808. The van der Waals surface area contributed by atoms with Gasteiger partial charge in [-0.1, -0.05) is 18.6 Å². The van der Waals surface area contributed by atoms with Gasteiger partial charge in [0.25, 0.3) is 0 Å². The molecule has 0 aliphatic rings. The first-order chi connectivity index (χ1) is 4.35. The molecule has 0 saturated carbocycles. The van der Waals surface area contributed by atoms with Crippen LogP contribution in [0.15, 0.2) is 25.3 Å². The molecule has 52 valence electrons. The van der Waals surface area contributed by atoms with Crippen molar-refractivity contribution in [3.05, 3.63) is 32.2 Å². The van der Waals surface area contributed by atoms with Gasteiger partial charge in [-0.05, 0) is 12.3 Å². The Morgan fingerprint density at radius 2 is 2.00 bits per heavy atom. The van der Waals surface area contributed by atoms with Crippen molar-refractivity contribution in [1.29, 1.82) is 0 Å². The van der Waals surface area contributed by atoms with E-state index in [1.807, 2.05) is 12.2 Å². The third-order valence-electron chi connectivity index (χ3n) is 1.38. The molecule has 0 amide bonds. The molecule has 1 heteroatoms. The Bertz CT molecular complexity index is 86.7. The van der Waals surface area contributed by atoms with Crippen LogP contribution < -0.4 is 18.9 Å². The zero-order chi connectivity index (χ0) is 7.11. The van der Waals surface area contributed by atoms with E-state index >= 15 is 0 Å². The molecule has 0 aromatic carbocycles. The van der Waals surface area contributed by atoms with E-state index in [0.717, 1.165) is 19.3 Å². The maximum Gasteiger partial charge on any atom is 1.00 e. The van der Waals surface area contributed by atoms with Gasteiger partial charge < -0.3 is 6.92 Å². The van der Waals surface area contributed by atoms with Gasteiger partial charge in [0.05, 0.1) is 0 Å². The number of rotatable bonds is 5. The second kappa shape index (κ2) is 9.08. The average molecular weight is 130 g/mol. The summed E-state index contributed by atoms with van der Waals surface area (Å²) in [5, 5.41) is 0. The van der Waals surface area contributed by atoms with Gasteiger partial charge >= 0.3 is 18.9 Å². The Hall–Kier alpha value is 0.0774. The Kier molecular flexibility index (Phi) is 11.6. The van der Waals surface area contributed by atoms with Crippen LogP contribution in [-0.2, 0) is 0 Å². The van der Waals surface area contributed by atoms with Crippen molar-refractivity contribution in [2.24, 2.45) is 5.92 Å². The maximum atomic E-state index is 3.77. The first-order valence-corrected chi connectivity index (χ1v) is 3.37. The summed E-state index contributed by atoms with van der Waals surface area (Å²) in [5.41, 5.74) is 0. The molecular formula is C9H15Li. The first-order valence-electron chi connectivity index (χ1n) is 3.37. The summed E-state index contributed by atoms with van der Waals surface area (Å²) in [4.78, 5) is 0. The Balaban J connectivity index is 0. The van der Waals surface area contributed by atoms with Crippen LogP contribution in [0.1, 0.15) is 19.3 Å². The minimum absolute atomic E-state index is 0. The summed E-state index contributed by atoms with van der Waals surface area (Å²) < 4.78 is 0. The summed E-state index contributed by atoms with van der Waals surface area (Å²) in [5.74, 6) is 0.597. The second-order valence-corrected chi connectivity index (χ2v) is 2.16. The third kappa shape index (κ3) is 6.20. The molecule has 0 saturated heterocycles. The van der Waals surface area contributed by atoms with Gasteiger partial charge in [-0.25, -0.2) is 0 Å². The molecule has 0 N–H and O–H groups in total. The van der Waals surface area contributed by atoms with Gasteiger partial charge in [0.2, 0.25) is 0 Å². The largest absolute Gasteiger partial charge is 1.00 e. The molecule has 10 heavy (non-hydrogen) atoms. The summed E-state index contributed by atoms with van der Waals surface area (Å²) in [6.45, 7) is 11.2. The van der Waals surface area contributed by atoms with Crippen molar-refractivity contribution in [1.82, 2.24) is 0 Å². The van der Waals surface area contributed by atoms with Crippen LogP contribution >= 0.6 is 0 Å². The molecule has 0 bridgehead atoms. The summed E-state index contributed by atoms with van der Waals surface area (Å²) in [6, 6.07) is 0. The van der Waals surface area contributed by atoms with E-state index in [0.29, 0.717) is 5.92 Å². The van der Waals surface area contributed by atoms with Crippen LogP contribution in [0.5, 0.6) is 0 Å². The standard InChI is InChI=1S/C9H15.Li/c1-4-7-9(6-3)8-5-2;/h4,6,9H,1-3,5,7-8H2;/q-1;+1. The Morgan fingerprint density at radius 1 is 1.40 bits per heavy atom. The molecule has 1 unspecified atom stereocenters. The monoisotopic (exact) mass is 130 g/mol. The topological polar surface area (TPSA) is 0 Å². The minimum atomic E-state index is 0. The zero-order valence-corrected chi connectivity index (χ0v) is 6.97. The fraction of sp³-hybridized carbons (Fsp3) is 0.444. The van der Waals surface area contributed by atoms with E-state index in [4.69, 9.17) is 0 Å². The van der Waals surface area contributed by atoms with Gasteiger partial charge in [-0.15, -0.1) is 13.2 Å². The van der Waals surface area contributed by atoms with Crippen molar-refractivity contribution >= 4 is 0 Å². The summed E-state index contributed by atoms with van der Waals surface area (Å²) in [6.07, 6.45) is 7.08. The van der Waals surface area contributed by atoms with E-state index in [-0.39, 0.29) is 18.9 Å². The molecule has 0 aliphatic heterocycles. The number of hydrogen-bond donors (Lipinski definition) is 0. The predicted octanol–water partition coefficient (Wildman–Crippen LogP) is -0.0170. The number of allylic oxidation sites excluding steroid dienone is 2. The maximum absolute atomic E-state index is 3.77. The second-order valence-electron chi connectivity index (χ2n) is 2.16. The molecule has 0 aromatic rings. The van der Waals surface area contributed by atoms with Crippen LogP contribution in [0.4, 0.5) is 0 Å². The quantitative estimate of drug-likeness (QED) is 0.279. The van der Waals surface area contributed by atoms with Crippen LogP contribution in [0.2, 0.25) is 0 Å². The minimum Gasteiger partial charge on any atom is -0.343 e. The smallest absolute Gasteiger partial charge is 0.343 e. The molecule has 1 atom stereocenters. The van der Waals surface area contributed by atoms with Gasteiger partial charge in [0.15, 0.2) is 0 Å². The van der Waals surface area contributed by atoms with Gasteiger partial charge in [0.1, 0.15) is 0 Å². The van der Waals surface area contributed by atoms with Crippen molar-refractivity contribution in [2.45, 2.75) is 19.3 Å². The molecule has 0 fully saturated rings. The van der Waals surface area contributed by atoms with Gasteiger partial charge in [0, 0.05) is 0 Å². The van der Waals surface area contributed by atoms with Crippen LogP contribution in [0, 0.1) is 12.8 Å². The van der Waals surface area contributed by atoms with Crippen molar-refractivity contribution in [3.63, 3.8) is 0 Å². The Morgan fingerprint density at radius 3 is 2.30 bits per heavy atom. The molecule has 0 radical (unpaired) electrons. The molecule has 0 aliphatic carbocycles. The third-order valence-corrected chi connectivity index (χ3v) is 1.38. The SMILES string of the molecule is C=CCC(C=C)CC[CH2-].[Li+]. The van der Waals surface area contributed by atoms with Gasteiger partial charge in [-0.2, -0.15) is 6.42 Å². The van der Waals surface area contributed by atoms with Crippen LogP contribution in [0.3, 0.4) is 0 Å². The van der Waals surface area contributed by atoms with E-state index in [2.05, 4.69) is 20.1 Å². The molecule has 0 rings (SSSR count). The molecule has 0 aromatic heterocycles. The van der Waals surface area contributed by atoms with E-state index in [9.17, 15) is 0 Å². The fourth-order valence-corrected chi connectivity index (χ4v) is 0.808. The first kappa shape index (κ1) is 12.7. The summed E-state index contributed by atoms with van der Waals surface area (Å²) >= 11 is 0. The predicted molar refractivity (Wildman–Crippen MR) is 43.1 cm³/mol. The Labute approximate surface area is 76.6 Å². The zero-order valence-electron chi connectivity index (χ0n) is 6.97. The van der Waals surface area contributed by atoms with Crippen molar-refractivity contribution in [2.75, 3.05) is 0 Å². The van der Waals surface area contributed by atoms with E-state index < -0.39 is 0 Å². The number of hydrogen-bond acceptors (Lipinski definition) is 0. The molecule has 0 nitrogen and oxygen atoms in total. The van der Waals surface area contributed by atoms with E-state index in [1.165, 1.54) is 0 Å². The van der Waals surface area contributed by atoms with Gasteiger partial charge in [-0.3, -0.25) is 0 Å². The summed E-state index contributed by atoms with van der Waals surface area (Å²) in [7, 11) is 0. The van der Waals surface area contributed by atoms with E-state index in [1.54, 1.807) is 0 Å². The molecule has 0 heterocycles. The molecular weight excluding hydrogens is 115 g/mol. The van der Waals surface area contributed by atoms with Crippen molar-refractivity contribution in [3.8, 4) is 0 Å².